The van der Waals surface area contributed by atoms with Crippen LogP contribution in [0.4, 0.5) is 0 Å². The first-order valence-electron chi connectivity index (χ1n) is 5.74. The van der Waals surface area contributed by atoms with Gasteiger partial charge in [0.1, 0.15) is 5.69 Å². The number of rotatable bonds is 3. The standard InChI is InChI=1S/C14H15N2OS/c1-9(2)15-14(17)12-13(18-10(3)16-12)11-7-5-4-6-8-11/h4-9H,1H2,2-3H3,(H,15,17). The third-order valence-corrected chi connectivity index (χ3v) is 3.38. The molecule has 2 aromatic rings. The van der Waals surface area contributed by atoms with E-state index in [-0.39, 0.29) is 11.9 Å². The zero-order valence-electron chi connectivity index (χ0n) is 10.4. The van der Waals surface area contributed by atoms with Crippen molar-refractivity contribution in [2.24, 2.45) is 0 Å². The molecule has 1 heterocycles. The molecule has 0 fully saturated rings. The number of carbonyl (C=O) groups excluding carboxylic acids is 1. The van der Waals surface area contributed by atoms with E-state index in [1.54, 1.807) is 0 Å². The van der Waals surface area contributed by atoms with Crippen molar-refractivity contribution in [2.75, 3.05) is 0 Å². The van der Waals surface area contributed by atoms with Crippen LogP contribution in [0.5, 0.6) is 0 Å². The maximum Gasteiger partial charge on any atom is 0.271 e. The third kappa shape index (κ3) is 2.76. The summed E-state index contributed by atoms with van der Waals surface area (Å²) < 4.78 is 0. The van der Waals surface area contributed by atoms with Crippen LogP contribution in [0.1, 0.15) is 22.4 Å². The third-order valence-electron chi connectivity index (χ3n) is 2.36. The largest absolute Gasteiger partial charge is 0.348 e. The molecule has 0 aliphatic rings. The number of hydrogen-bond acceptors (Lipinski definition) is 3. The van der Waals surface area contributed by atoms with E-state index in [0.29, 0.717) is 5.69 Å². The van der Waals surface area contributed by atoms with Crippen LogP contribution in [-0.4, -0.2) is 16.9 Å². The molecule has 0 bridgehead atoms. The number of amides is 1. The molecule has 4 heteroatoms. The van der Waals surface area contributed by atoms with Gasteiger partial charge in [0.25, 0.3) is 5.91 Å². The quantitative estimate of drug-likeness (QED) is 0.920. The first-order chi connectivity index (χ1) is 8.58. The van der Waals surface area contributed by atoms with Gasteiger partial charge in [-0.15, -0.1) is 11.3 Å². The molecule has 0 spiro atoms. The second-order valence-corrected chi connectivity index (χ2v) is 5.35. The van der Waals surface area contributed by atoms with Gasteiger partial charge >= 0.3 is 0 Å². The fourth-order valence-electron chi connectivity index (χ4n) is 1.66. The normalized spacial score (nSPS) is 10.7. The molecule has 1 N–H and O–H groups in total. The van der Waals surface area contributed by atoms with Gasteiger partial charge in [0.2, 0.25) is 0 Å². The summed E-state index contributed by atoms with van der Waals surface area (Å²) in [6.07, 6.45) is 0. The lowest BCUT2D eigenvalue weighted by molar-refractivity contribution is 0.0943. The zero-order valence-corrected chi connectivity index (χ0v) is 11.3. The number of aromatic nitrogens is 1. The fraction of sp³-hybridized carbons (Fsp3) is 0.214. The summed E-state index contributed by atoms with van der Waals surface area (Å²) in [7, 11) is 0. The molecule has 1 aromatic heterocycles. The average molecular weight is 259 g/mol. The van der Waals surface area contributed by atoms with E-state index in [2.05, 4.69) is 17.2 Å². The van der Waals surface area contributed by atoms with Gasteiger partial charge in [0, 0.05) is 6.04 Å². The Bertz CT molecular complexity index is 546. The SMILES string of the molecule is [CH2]C(C)NC(=O)c1nc(C)sc1-c1ccccc1. The Morgan fingerprint density at radius 1 is 1.39 bits per heavy atom. The molecule has 1 aromatic carbocycles. The van der Waals surface area contributed by atoms with Crippen LogP contribution >= 0.6 is 11.3 Å². The predicted octanol–water partition coefficient (Wildman–Crippen LogP) is 3.07. The van der Waals surface area contributed by atoms with Crippen LogP contribution in [0.15, 0.2) is 30.3 Å². The molecule has 3 nitrogen and oxygen atoms in total. The summed E-state index contributed by atoms with van der Waals surface area (Å²) >= 11 is 1.53. The van der Waals surface area contributed by atoms with Gasteiger partial charge in [-0.3, -0.25) is 4.79 Å². The second kappa shape index (κ2) is 5.31. The maximum atomic E-state index is 12.1. The minimum atomic E-state index is -0.166. The van der Waals surface area contributed by atoms with E-state index in [4.69, 9.17) is 0 Å². The molecule has 1 atom stereocenters. The van der Waals surface area contributed by atoms with Crippen molar-refractivity contribution in [3.8, 4) is 10.4 Å². The molecular formula is C14H15N2OS. The van der Waals surface area contributed by atoms with Crippen LogP contribution in [0.25, 0.3) is 10.4 Å². The Hall–Kier alpha value is -1.68. The van der Waals surface area contributed by atoms with Crippen molar-refractivity contribution in [3.63, 3.8) is 0 Å². The van der Waals surface area contributed by atoms with E-state index in [1.165, 1.54) is 11.3 Å². The fourth-order valence-corrected chi connectivity index (χ4v) is 2.58. The van der Waals surface area contributed by atoms with E-state index in [1.807, 2.05) is 44.2 Å². The lowest BCUT2D eigenvalue weighted by Gasteiger charge is -2.07. The summed E-state index contributed by atoms with van der Waals surface area (Å²) in [6.45, 7) is 7.49. The number of carbonyl (C=O) groups is 1. The summed E-state index contributed by atoms with van der Waals surface area (Å²) in [6, 6.07) is 9.69. The minimum Gasteiger partial charge on any atom is -0.348 e. The summed E-state index contributed by atoms with van der Waals surface area (Å²) in [5.41, 5.74) is 1.50. The van der Waals surface area contributed by atoms with Crippen molar-refractivity contribution < 1.29 is 4.79 Å². The van der Waals surface area contributed by atoms with Gasteiger partial charge in [0.15, 0.2) is 0 Å². The van der Waals surface area contributed by atoms with Gasteiger partial charge in [-0.05, 0) is 26.3 Å². The first-order valence-corrected chi connectivity index (χ1v) is 6.56. The second-order valence-electron chi connectivity index (χ2n) is 4.15. The molecule has 0 aliphatic heterocycles. The highest BCUT2D eigenvalue weighted by molar-refractivity contribution is 7.15. The van der Waals surface area contributed by atoms with E-state index in [9.17, 15) is 4.79 Å². The lowest BCUT2D eigenvalue weighted by Crippen LogP contribution is -2.30. The van der Waals surface area contributed by atoms with Crippen molar-refractivity contribution >= 4 is 17.2 Å². The van der Waals surface area contributed by atoms with Gasteiger partial charge in [0.05, 0.1) is 9.88 Å². The van der Waals surface area contributed by atoms with E-state index in [0.717, 1.165) is 15.4 Å². The Kier molecular flexibility index (Phi) is 3.77. The molecule has 0 aliphatic carbocycles. The summed E-state index contributed by atoms with van der Waals surface area (Å²) in [5, 5.41) is 3.66. The van der Waals surface area contributed by atoms with Crippen molar-refractivity contribution in [2.45, 2.75) is 19.9 Å². The number of aryl methyl sites for hydroxylation is 1. The highest BCUT2D eigenvalue weighted by Gasteiger charge is 2.18. The van der Waals surface area contributed by atoms with Crippen LogP contribution < -0.4 is 5.32 Å². The van der Waals surface area contributed by atoms with Crippen molar-refractivity contribution in [1.82, 2.24) is 10.3 Å². The monoisotopic (exact) mass is 259 g/mol. The molecule has 1 radical (unpaired) electrons. The number of benzene rings is 1. The first kappa shape index (κ1) is 12.8. The van der Waals surface area contributed by atoms with Gasteiger partial charge in [-0.25, -0.2) is 4.98 Å². The Morgan fingerprint density at radius 2 is 2.06 bits per heavy atom. The molecular weight excluding hydrogens is 244 g/mol. The van der Waals surface area contributed by atoms with Crippen LogP contribution in [0, 0.1) is 13.8 Å². The predicted molar refractivity (Wildman–Crippen MR) is 74.6 cm³/mol. The zero-order chi connectivity index (χ0) is 13.1. The van der Waals surface area contributed by atoms with Crippen molar-refractivity contribution in [3.05, 3.63) is 48.0 Å². The molecule has 93 valence electrons. The average Bonchev–Trinajstić information content (AvgIpc) is 2.72. The Balaban J connectivity index is 2.40. The van der Waals surface area contributed by atoms with Gasteiger partial charge in [-0.1, -0.05) is 30.3 Å². The lowest BCUT2D eigenvalue weighted by atomic mass is 10.1. The Morgan fingerprint density at radius 3 is 2.67 bits per heavy atom. The molecule has 0 saturated heterocycles. The number of nitrogens with zero attached hydrogens (tertiary/aromatic N) is 1. The summed E-state index contributed by atoms with van der Waals surface area (Å²) in [4.78, 5) is 17.3. The highest BCUT2D eigenvalue weighted by Crippen LogP contribution is 2.29. The van der Waals surface area contributed by atoms with Crippen LogP contribution in [0.2, 0.25) is 0 Å². The number of nitrogens with one attached hydrogen (secondary N) is 1. The van der Waals surface area contributed by atoms with Gasteiger partial charge < -0.3 is 5.32 Å². The molecule has 1 amide bonds. The topological polar surface area (TPSA) is 42.0 Å². The molecule has 1 unspecified atom stereocenters. The highest BCUT2D eigenvalue weighted by atomic mass is 32.1. The van der Waals surface area contributed by atoms with Crippen molar-refractivity contribution in [1.29, 1.82) is 0 Å². The Labute approximate surface area is 111 Å². The van der Waals surface area contributed by atoms with E-state index >= 15 is 0 Å². The maximum absolute atomic E-state index is 12.1. The summed E-state index contributed by atoms with van der Waals surface area (Å²) in [5.74, 6) is -0.166. The van der Waals surface area contributed by atoms with Gasteiger partial charge in [-0.2, -0.15) is 0 Å². The van der Waals surface area contributed by atoms with Crippen LogP contribution in [0.3, 0.4) is 0 Å². The molecule has 0 saturated carbocycles. The smallest absolute Gasteiger partial charge is 0.271 e. The molecule has 2 rings (SSSR count). The van der Waals surface area contributed by atoms with Crippen LogP contribution in [-0.2, 0) is 0 Å². The van der Waals surface area contributed by atoms with E-state index < -0.39 is 0 Å². The molecule has 18 heavy (non-hydrogen) atoms. The number of thiazole rings is 1. The number of hydrogen-bond donors (Lipinski definition) is 1. The minimum absolute atomic E-state index is 0.136.